The van der Waals surface area contributed by atoms with Crippen molar-refractivity contribution in [3.05, 3.63) is 36.2 Å². The van der Waals surface area contributed by atoms with E-state index in [2.05, 4.69) is 5.10 Å². The lowest BCUT2D eigenvalue weighted by atomic mass is 9.84. The third-order valence-electron chi connectivity index (χ3n) is 5.26. The molecular weight excluding hydrogens is 294 g/mol. The van der Waals surface area contributed by atoms with Crippen molar-refractivity contribution in [3.63, 3.8) is 0 Å². The maximum atomic E-state index is 13.1. The normalized spacial score (nSPS) is 27.1. The second-order valence-electron chi connectivity index (χ2n) is 6.50. The number of hydrogen-bond donors (Lipinski definition) is 1. The first-order valence-corrected chi connectivity index (χ1v) is 8.14. The molecule has 1 N–H and O–H groups in total. The lowest BCUT2D eigenvalue weighted by Crippen LogP contribution is -2.46. The Hall–Kier alpha value is -2.37. The van der Waals surface area contributed by atoms with Gasteiger partial charge in [0.15, 0.2) is 0 Å². The summed E-state index contributed by atoms with van der Waals surface area (Å²) in [7, 11) is 0. The highest BCUT2D eigenvalue weighted by Gasteiger charge is 2.48. The van der Waals surface area contributed by atoms with Crippen LogP contribution in [0.15, 0.2) is 30.6 Å². The summed E-state index contributed by atoms with van der Waals surface area (Å²) in [5.41, 5.74) is 1.21. The second-order valence-corrected chi connectivity index (χ2v) is 6.50. The number of hydrogen-bond acceptors (Lipinski definition) is 3. The van der Waals surface area contributed by atoms with Crippen molar-refractivity contribution in [1.29, 1.82) is 0 Å². The summed E-state index contributed by atoms with van der Waals surface area (Å²) in [6.07, 6.45) is 8.02. The van der Waals surface area contributed by atoms with E-state index in [9.17, 15) is 14.7 Å². The van der Waals surface area contributed by atoms with Crippen LogP contribution in [0.4, 0.5) is 0 Å². The van der Waals surface area contributed by atoms with Crippen LogP contribution in [0.5, 0.6) is 0 Å². The van der Waals surface area contributed by atoms with Crippen LogP contribution in [0.1, 0.15) is 42.5 Å². The molecule has 1 amide bonds. The predicted octanol–water partition coefficient (Wildman–Crippen LogP) is 2.19. The van der Waals surface area contributed by atoms with Crippen LogP contribution in [0.25, 0.3) is 5.52 Å². The number of fused-ring (bicyclic) bond motifs is 2. The molecule has 3 heterocycles. The quantitative estimate of drug-likeness (QED) is 0.922. The molecule has 1 saturated heterocycles. The highest BCUT2D eigenvalue weighted by molar-refractivity contribution is 6.02. The molecule has 0 unspecified atom stereocenters. The summed E-state index contributed by atoms with van der Waals surface area (Å²) in [5, 5.41) is 13.8. The van der Waals surface area contributed by atoms with Crippen LogP contribution in [0.2, 0.25) is 0 Å². The molecule has 23 heavy (non-hydrogen) atoms. The van der Waals surface area contributed by atoms with E-state index in [-0.39, 0.29) is 11.9 Å². The number of nitrogens with zero attached hydrogens (tertiary/aromatic N) is 3. The summed E-state index contributed by atoms with van der Waals surface area (Å²) in [5.74, 6) is -0.784. The molecule has 3 atom stereocenters. The zero-order valence-corrected chi connectivity index (χ0v) is 12.8. The highest BCUT2D eigenvalue weighted by atomic mass is 16.4. The van der Waals surface area contributed by atoms with Gasteiger partial charge < -0.3 is 10.0 Å². The van der Waals surface area contributed by atoms with Gasteiger partial charge in [0.1, 0.15) is 6.04 Å². The first-order valence-electron chi connectivity index (χ1n) is 8.14. The van der Waals surface area contributed by atoms with Crippen LogP contribution < -0.4 is 0 Å². The fraction of sp³-hybridized carbons (Fsp3) is 0.471. The molecule has 0 spiro atoms. The Bertz CT molecular complexity index is 769. The maximum absolute atomic E-state index is 13.1. The van der Waals surface area contributed by atoms with Crippen molar-refractivity contribution < 1.29 is 14.7 Å². The van der Waals surface area contributed by atoms with Crippen molar-refractivity contribution in [2.24, 2.45) is 5.92 Å². The number of carboxylic acid groups (broad SMARTS) is 1. The standard InChI is InChI=1S/C17H19N3O3/c21-16(12-10-18-19-8-4-3-7-14(12)19)20-13-6-2-1-5-11(13)9-15(20)17(22)23/h3-4,7-8,10-11,13,15H,1-2,5-6,9H2,(H,22,23)/t11-,13-,15+/m1/s1. The zero-order chi connectivity index (χ0) is 16.0. The minimum atomic E-state index is -0.899. The molecule has 2 fully saturated rings. The van der Waals surface area contributed by atoms with Gasteiger partial charge in [-0.05, 0) is 37.3 Å². The summed E-state index contributed by atoms with van der Waals surface area (Å²) in [4.78, 5) is 26.4. The van der Waals surface area contributed by atoms with Gasteiger partial charge in [-0.2, -0.15) is 5.10 Å². The van der Waals surface area contributed by atoms with E-state index in [1.807, 2.05) is 18.2 Å². The second kappa shape index (κ2) is 5.37. The molecule has 6 heteroatoms. The third kappa shape index (κ3) is 2.20. The Morgan fingerprint density at radius 2 is 2.04 bits per heavy atom. The first kappa shape index (κ1) is 14.2. The predicted molar refractivity (Wildman–Crippen MR) is 83.1 cm³/mol. The molecule has 1 aliphatic carbocycles. The van der Waals surface area contributed by atoms with Gasteiger partial charge in [0.05, 0.1) is 17.3 Å². The van der Waals surface area contributed by atoms with Crippen molar-refractivity contribution in [1.82, 2.24) is 14.5 Å². The van der Waals surface area contributed by atoms with E-state index in [1.165, 1.54) is 0 Å². The van der Waals surface area contributed by atoms with Crippen LogP contribution >= 0.6 is 0 Å². The molecule has 2 aliphatic rings. The highest BCUT2D eigenvalue weighted by Crippen LogP contribution is 2.40. The molecule has 2 aromatic rings. The average Bonchev–Trinajstić information content (AvgIpc) is 3.16. The smallest absolute Gasteiger partial charge is 0.326 e. The van der Waals surface area contributed by atoms with E-state index in [4.69, 9.17) is 0 Å². The van der Waals surface area contributed by atoms with Gasteiger partial charge in [-0.1, -0.05) is 18.9 Å². The molecular formula is C17H19N3O3. The first-order chi connectivity index (χ1) is 11.2. The SMILES string of the molecule is O=C(O)[C@@H]1C[C@H]2CCCC[C@H]2N1C(=O)c1cnn2ccccc12. The van der Waals surface area contributed by atoms with E-state index in [1.54, 1.807) is 21.8 Å². The largest absolute Gasteiger partial charge is 0.480 e. The van der Waals surface area contributed by atoms with Crippen LogP contribution in [-0.4, -0.2) is 43.6 Å². The summed E-state index contributed by atoms with van der Waals surface area (Å²) >= 11 is 0. The molecule has 4 rings (SSSR count). The lowest BCUT2D eigenvalue weighted by Gasteiger charge is -2.32. The van der Waals surface area contributed by atoms with Crippen molar-refractivity contribution >= 4 is 17.4 Å². The molecule has 0 aromatic carbocycles. The van der Waals surface area contributed by atoms with Crippen molar-refractivity contribution in [2.75, 3.05) is 0 Å². The van der Waals surface area contributed by atoms with Crippen LogP contribution in [-0.2, 0) is 4.79 Å². The number of aromatic nitrogens is 2. The summed E-state index contributed by atoms with van der Waals surface area (Å²) < 4.78 is 1.65. The van der Waals surface area contributed by atoms with Gasteiger partial charge >= 0.3 is 5.97 Å². The number of carbonyl (C=O) groups is 2. The van der Waals surface area contributed by atoms with E-state index in [0.29, 0.717) is 17.9 Å². The molecule has 2 aromatic heterocycles. The molecule has 1 aliphatic heterocycles. The maximum Gasteiger partial charge on any atom is 0.326 e. The summed E-state index contributed by atoms with van der Waals surface area (Å²) in [6, 6.07) is 4.88. The third-order valence-corrected chi connectivity index (χ3v) is 5.26. The Kier molecular flexibility index (Phi) is 3.32. The number of likely N-dealkylation sites (tertiary alicyclic amines) is 1. The number of carboxylic acids is 1. The van der Waals surface area contributed by atoms with E-state index in [0.717, 1.165) is 31.2 Å². The molecule has 0 radical (unpaired) electrons. The Morgan fingerprint density at radius 1 is 1.22 bits per heavy atom. The fourth-order valence-corrected chi connectivity index (χ4v) is 4.21. The minimum absolute atomic E-state index is 0.0519. The van der Waals surface area contributed by atoms with Gasteiger partial charge in [0.25, 0.3) is 5.91 Å². The number of aliphatic carboxylic acids is 1. The van der Waals surface area contributed by atoms with Gasteiger partial charge in [0, 0.05) is 12.2 Å². The Balaban J connectivity index is 1.74. The Labute approximate surface area is 133 Å². The van der Waals surface area contributed by atoms with Gasteiger partial charge in [-0.15, -0.1) is 0 Å². The van der Waals surface area contributed by atoms with Gasteiger partial charge in [0.2, 0.25) is 0 Å². The number of pyridine rings is 1. The Morgan fingerprint density at radius 3 is 2.87 bits per heavy atom. The van der Waals surface area contributed by atoms with Gasteiger partial charge in [-0.25, -0.2) is 9.31 Å². The molecule has 120 valence electrons. The molecule has 1 saturated carbocycles. The molecule has 6 nitrogen and oxygen atoms in total. The lowest BCUT2D eigenvalue weighted by molar-refractivity contribution is -0.141. The minimum Gasteiger partial charge on any atom is -0.480 e. The van der Waals surface area contributed by atoms with Crippen molar-refractivity contribution in [2.45, 2.75) is 44.2 Å². The number of amides is 1. The zero-order valence-electron chi connectivity index (χ0n) is 12.8. The fourth-order valence-electron chi connectivity index (χ4n) is 4.21. The average molecular weight is 313 g/mol. The monoisotopic (exact) mass is 313 g/mol. The van der Waals surface area contributed by atoms with Crippen molar-refractivity contribution in [3.8, 4) is 0 Å². The van der Waals surface area contributed by atoms with E-state index < -0.39 is 12.0 Å². The number of carbonyl (C=O) groups excluding carboxylic acids is 1. The summed E-state index contributed by atoms with van der Waals surface area (Å²) in [6.45, 7) is 0. The molecule has 0 bridgehead atoms. The number of rotatable bonds is 2. The van der Waals surface area contributed by atoms with E-state index >= 15 is 0 Å². The van der Waals surface area contributed by atoms with Crippen LogP contribution in [0, 0.1) is 5.92 Å². The van der Waals surface area contributed by atoms with Crippen LogP contribution in [0.3, 0.4) is 0 Å². The topological polar surface area (TPSA) is 74.9 Å². The van der Waals surface area contributed by atoms with Gasteiger partial charge in [-0.3, -0.25) is 4.79 Å².